The van der Waals surface area contributed by atoms with Gasteiger partial charge >= 0.3 is 0 Å². The number of hydrogen-bond acceptors (Lipinski definition) is 2. The third-order valence-corrected chi connectivity index (χ3v) is 2.94. The lowest BCUT2D eigenvalue weighted by Crippen LogP contribution is -2.27. The minimum absolute atomic E-state index is 0.619. The SMILES string of the molecule is Cc1cc(C)cc(NC(=S)NCc2cnn(C)c2)c1. The van der Waals surface area contributed by atoms with Gasteiger partial charge in [-0.25, -0.2) is 0 Å². The Labute approximate surface area is 118 Å². The Morgan fingerprint density at radius 2 is 1.95 bits per heavy atom. The van der Waals surface area contributed by atoms with Gasteiger partial charge in [0.25, 0.3) is 0 Å². The van der Waals surface area contributed by atoms with Crippen LogP contribution >= 0.6 is 12.2 Å². The lowest BCUT2D eigenvalue weighted by Gasteiger charge is -2.11. The highest BCUT2D eigenvalue weighted by atomic mass is 32.1. The Morgan fingerprint density at radius 1 is 1.26 bits per heavy atom. The van der Waals surface area contributed by atoms with Crippen LogP contribution in [-0.2, 0) is 13.6 Å². The number of rotatable bonds is 3. The summed E-state index contributed by atoms with van der Waals surface area (Å²) in [5, 5.41) is 11.1. The van der Waals surface area contributed by atoms with E-state index in [9.17, 15) is 0 Å². The van der Waals surface area contributed by atoms with Crippen LogP contribution in [0.4, 0.5) is 5.69 Å². The number of nitrogens with zero attached hydrogens (tertiary/aromatic N) is 2. The van der Waals surface area contributed by atoms with Gasteiger partial charge in [0.2, 0.25) is 0 Å². The van der Waals surface area contributed by atoms with Crippen molar-refractivity contribution in [1.29, 1.82) is 0 Å². The third kappa shape index (κ3) is 4.06. The number of aryl methyl sites for hydroxylation is 3. The van der Waals surface area contributed by atoms with Crippen molar-refractivity contribution in [2.24, 2.45) is 7.05 Å². The first-order valence-electron chi connectivity index (χ1n) is 6.13. The Balaban J connectivity index is 1.90. The van der Waals surface area contributed by atoms with Gasteiger partial charge in [-0.1, -0.05) is 6.07 Å². The molecule has 2 N–H and O–H groups in total. The summed E-state index contributed by atoms with van der Waals surface area (Å²) in [4.78, 5) is 0. The van der Waals surface area contributed by atoms with Gasteiger partial charge in [-0.15, -0.1) is 0 Å². The predicted octanol–water partition coefficient (Wildman–Crippen LogP) is 2.52. The second-order valence-corrected chi connectivity index (χ2v) is 5.11. The maximum atomic E-state index is 5.28. The average molecular weight is 274 g/mol. The van der Waals surface area contributed by atoms with E-state index in [1.54, 1.807) is 4.68 Å². The molecule has 0 aliphatic heterocycles. The molecule has 0 radical (unpaired) electrons. The fourth-order valence-corrected chi connectivity index (χ4v) is 2.16. The number of thiocarbonyl (C=S) groups is 1. The van der Waals surface area contributed by atoms with Crippen molar-refractivity contribution in [1.82, 2.24) is 15.1 Å². The van der Waals surface area contributed by atoms with Crippen molar-refractivity contribution in [3.63, 3.8) is 0 Å². The van der Waals surface area contributed by atoms with Gasteiger partial charge in [-0.05, 0) is 49.3 Å². The van der Waals surface area contributed by atoms with Crippen LogP contribution < -0.4 is 10.6 Å². The third-order valence-electron chi connectivity index (χ3n) is 2.69. The summed E-state index contributed by atoms with van der Waals surface area (Å²) in [6.07, 6.45) is 3.79. The summed E-state index contributed by atoms with van der Waals surface area (Å²) < 4.78 is 1.78. The summed E-state index contributed by atoms with van der Waals surface area (Å²) in [6.45, 7) is 4.82. The van der Waals surface area contributed by atoms with Crippen LogP contribution in [0.5, 0.6) is 0 Å². The lowest BCUT2D eigenvalue weighted by atomic mass is 10.1. The molecule has 100 valence electrons. The highest BCUT2D eigenvalue weighted by Gasteiger charge is 2.01. The monoisotopic (exact) mass is 274 g/mol. The Bertz CT molecular complexity index is 569. The smallest absolute Gasteiger partial charge is 0.171 e. The first-order chi connectivity index (χ1) is 9.02. The highest BCUT2D eigenvalue weighted by Crippen LogP contribution is 2.13. The largest absolute Gasteiger partial charge is 0.358 e. The second-order valence-electron chi connectivity index (χ2n) is 4.71. The second kappa shape index (κ2) is 5.84. The molecule has 0 spiro atoms. The summed E-state index contributed by atoms with van der Waals surface area (Å²) in [6, 6.07) is 6.29. The van der Waals surface area contributed by atoms with E-state index < -0.39 is 0 Å². The molecular weight excluding hydrogens is 256 g/mol. The molecule has 2 aromatic rings. The molecule has 1 heterocycles. The fourth-order valence-electron chi connectivity index (χ4n) is 1.97. The van der Waals surface area contributed by atoms with Crippen molar-refractivity contribution >= 4 is 23.0 Å². The Kier molecular flexibility index (Phi) is 4.16. The van der Waals surface area contributed by atoms with E-state index in [4.69, 9.17) is 12.2 Å². The molecule has 0 atom stereocenters. The molecule has 0 fully saturated rings. The molecular formula is C14H18N4S. The van der Waals surface area contributed by atoms with Crippen molar-refractivity contribution in [2.45, 2.75) is 20.4 Å². The minimum atomic E-state index is 0.619. The zero-order chi connectivity index (χ0) is 13.8. The van der Waals surface area contributed by atoms with Gasteiger partial charge in [0.05, 0.1) is 6.20 Å². The number of hydrogen-bond donors (Lipinski definition) is 2. The maximum absolute atomic E-state index is 5.28. The van der Waals surface area contributed by atoms with Crippen LogP contribution in [0.2, 0.25) is 0 Å². The highest BCUT2D eigenvalue weighted by molar-refractivity contribution is 7.80. The van der Waals surface area contributed by atoms with Crippen LogP contribution in [-0.4, -0.2) is 14.9 Å². The average Bonchev–Trinajstić information content (AvgIpc) is 2.71. The van der Waals surface area contributed by atoms with Crippen molar-refractivity contribution in [3.8, 4) is 0 Å². The lowest BCUT2D eigenvalue weighted by molar-refractivity contribution is 0.766. The zero-order valence-electron chi connectivity index (χ0n) is 11.4. The van der Waals surface area contributed by atoms with E-state index in [1.165, 1.54) is 11.1 Å². The molecule has 0 amide bonds. The molecule has 0 bridgehead atoms. The molecule has 0 aliphatic carbocycles. The predicted molar refractivity (Wildman–Crippen MR) is 82.2 cm³/mol. The minimum Gasteiger partial charge on any atom is -0.358 e. The van der Waals surface area contributed by atoms with Crippen LogP contribution in [0.25, 0.3) is 0 Å². The fraction of sp³-hybridized carbons (Fsp3) is 0.286. The summed E-state index contributed by atoms with van der Waals surface area (Å²) in [5.74, 6) is 0. The van der Waals surface area contributed by atoms with Gasteiger partial charge in [-0.2, -0.15) is 5.10 Å². The quantitative estimate of drug-likeness (QED) is 0.844. The zero-order valence-corrected chi connectivity index (χ0v) is 12.2. The molecule has 0 aliphatic rings. The summed E-state index contributed by atoms with van der Waals surface area (Å²) in [7, 11) is 1.90. The van der Waals surface area contributed by atoms with E-state index in [2.05, 4.69) is 47.8 Å². The van der Waals surface area contributed by atoms with Crippen LogP contribution in [0.1, 0.15) is 16.7 Å². The Morgan fingerprint density at radius 3 is 2.53 bits per heavy atom. The van der Waals surface area contributed by atoms with Gasteiger partial charge in [0.1, 0.15) is 0 Å². The molecule has 2 rings (SSSR count). The van der Waals surface area contributed by atoms with E-state index in [0.29, 0.717) is 11.7 Å². The first-order valence-corrected chi connectivity index (χ1v) is 6.54. The molecule has 1 aromatic carbocycles. The number of anilines is 1. The van der Waals surface area contributed by atoms with E-state index in [-0.39, 0.29) is 0 Å². The normalized spacial score (nSPS) is 10.3. The van der Waals surface area contributed by atoms with E-state index >= 15 is 0 Å². The number of nitrogens with one attached hydrogen (secondary N) is 2. The number of benzene rings is 1. The topological polar surface area (TPSA) is 41.9 Å². The first kappa shape index (κ1) is 13.5. The van der Waals surface area contributed by atoms with Crippen LogP contribution in [0, 0.1) is 13.8 Å². The molecule has 0 saturated carbocycles. The van der Waals surface area contributed by atoms with Gasteiger partial charge in [0, 0.05) is 31.0 Å². The van der Waals surface area contributed by atoms with Gasteiger partial charge in [0.15, 0.2) is 5.11 Å². The molecule has 0 unspecified atom stereocenters. The van der Waals surface area contributed by atoms with Crippen molar-refractivity contribution < 1.29 is 0 Å². The molecule has 19 heavy (non-hydrogen) atoms. The summed E-state index contributed by atoms with van der Waals surface area (Å²) in [5.41, 5.74) is 4.56. The van der Waals surface area contributed by atoms with Crippen LogP contribution in [0.3, 0.4) is 0 Å². The molecule has 0 saturated heterocycles. The standard InChI is InChI=1S/C14H18N4S/c1-10-4-11(2)6-13(5-10)17-14(19)15-7-12-8-16-18(3)9-12/h4-6,8-9H,7H2,1-3H3,(H2,15,17,19). The van der Waals surface area contributed by atoms with Crippen molar-refractivity contribution in [2.75, 3.05) is 5.32 Å². The van der Waals surface area contributed by atoms with Crippen molar-refractivity contribution in [3.05, 3.63) is 47.3 Å². The van der Waals surface area contributed by atoms with Gasteiger partial charge in [-0.3, -0.25) is 4.68 Å². The maximum Gasteiger partial charge on any atom is 0.171 e. The van der Waals surface area contributed by atoms with Gasteiger partial charge < -0.3 is 10.6 Å². The Hall–Kier alpha value is -1.88. The molecule has 5 heteroatoms. The number of aromatic nitrogens is 2. The molecule has 4 nitrogen and oxygen atoms in total. The summed E-state index contributed by atoms with van der Waals surface area (Å²) >= 11 is 5.28. The van der Waals surface area contributed by atoms with E-state index in [1.807, 2.05) is 19.4 Å². The van der Waals surface area contributed by atoms with E-state index in [0.717, 1.165) is 11.3 Å². The molecule has 1 aromatic heterocycles. The van der Waals surface area contributed by atoms with Crippen LogP contribution in [0.15, 0.2) is 30.6 Å².